The van der Waals surface area contributed by atoms with Gasteiger partial charge in [0.15, 0.2) is 0 Å². The first-order chi connectivity index (χ1) is 10.3. The number of hydrogen-bond acceptors (Lipinski definition) is 3. The third kappa shape index (κ3) is 6.15. The van der Waals surface area contributed by atoms with Crippen LogP contribution in [0.3, 0.4) is 0 Å². The van der Waals surface area contributed by atoms with Crippen molar-refractivity contribution in [3.05, 3.63) is 35.4 Å². The zero-order chi connectivity index (χ0) is 16.6. The van der Waals surface area contributed by atoms with Crippen molar-refractivity contribution < 1.29 is 27.5 Å². The fourth-order valence-electron chi connectivity index (χ4n) is 1.79. The summed E-state index contributed by atoms with van der Waals surface area (Å²) in [7, 11) is 1.33. The largest absolute Gasteiger partial charge is 0.469 e. The molecular formula is C15H18F3NO3. The minimum atomic E-state index is -4.41. The fraction of sp³-hybridized carbons (Fsp3) is 0.467. The molecule has 22 heavy (non-hydrogen) atoms. The Morgan fingerprint density at radius 2 is 1.73 bits per heavy atom. The van der Waals surface area contributed by atoms with Crippen LogP contribution in [0, 0.1) is 0 Å². The number of nitrogens with one attached hydrogen (secondary N) is 1. The molecule has 1 amide bonds. The van der Waals surface area contributed by atoms with Crippen LogP contribution in [-0.2, 0) is 15.7 Å². The first kappa shape index (κ1) is 18.0. The standard InChI is InChI=1S/C15H18F3NO3/c1-22-13(20)5-3-2-4-10-19-14(21)11-6-8-12(9-7-11)15(16,17)18/h6-9H,2-5,10H2,1H3,(H,19,21). The van der Waals surface area contributed by atoms with Gasteiger partial charge in [-0.25, -0.2) is 0 Å². The first-order valence-electron chi connectivity index (χ1n) is 6.87. The van der Waals surface area contributed by atoms with Crippen LogP contribution in [0.25, 0.3) is 0 Å². The molecule has 0 unspecified atom stereocenters. The van der Waals surface area contributed by atoms with Crippen LogP contribution in [0.1, 0.15) is 41.6 Å². The van der Waals surface area contributed by atoms with E-state index in [0.29, 0.717) is 25.8 Å². The lowest BCUT2D eigenvalue weighted by atomic mass is 10.1. The minimum Gasteiger partial charge on any atom is -0.469 e. The molecule has 0 atom stereocenters. The summed E-state index contributed by atoms with van der Waals surface area (Å²) in [6.07, 6.45) is -1.97. The van der Waals surface area contributed by atoms with Crippen LogP contribution in [0.15, 0.2) is 24.3 Å². The molecule has 0 saturated heterocycles. The number of halogens is 3. The number of ether oxygens (including phenoxy) is 1. The van der Waals surface area contributed by atoms with E-state index < -0.39 is 17.6 Å². The second-order valence-electron chi connectivity index (χ2n) is 4.72. The molecule has 1 rings (SSSR count). The number of methoxy groups -OCH3 is 1. The van der Waals surface area contributed by atoms with Gasteiger partial charge in [0.1, 0.15) is 0 Å². The van der Waals surface area contributed by atoms with Crippen LogP contribution >= 0.6 is 0 Å². The van der Waals surface area contributed by atoms with E-state index in [1.165, 1.54) is 7.11 Å². The predicted octanol–water partition coefficient (Wildman–Crippen LogP) is 3.17. The van der Waals surface area contributed by atoms with Crippen molar-refractivity contribution in [2.45, 2.75) is 31.9 Å². The average Bonchev–Trinajstić information content (AvgIpc) is 2.49. The fourth-order valence-corrected chi connectivity index (χ4v) is 1.79. The highest BCUT2D eigenvalue weighted by Crippen LogP contribution is 2.29. The van der Waals surface area contributed by atoms with Gasteiger partial charge in [0.2, 0.25) is 0 Å². The number of carbonyl (C=O) groups excluding carboxylic acids is 2. The SMILES string of the molecule is COC(=O)CCCCCNC(=O)c1ccc(C(F)(F)F)cc1. The number of rotatable bonds is 7. The summed E-state index contributed by atoms with van der Waals surface area (Å²) >= 11 is 0. The summed E-state index contributed by atoms with van der Waals surface area (Å²) in [6, 6.07) is 4.06. The number of benzene rings is 1. The molecule has 7 heteroatoms. The highest BCUT2D eigenvalue weighted by Gasteiger charge is 2.30. The Kier molecular flexibility index (Phi) is 6.88. The van der Waals surface area contributed by atoms with Gasteiger partial charge in [-0.05, 0) is 37.1 Å². The van der Waals surface area contributed by atoms with E-state index >= 15 is 0 Å². The van der Waals surface area contributed by atoms with Crippen LogP contribution in [0.4, 0.5) is 13.2 Å². The maximum absolute atomic E-state index is 12.4. The van der Waals surface area contributed by atoms with E-state index in [1.54, 1.807) is 0 Å². The molecule has 0 aliphatic carbocycles. The number of hydrogen-bond donors (Lipinski definition) is 1. The zero-order valence-corrected chi connectivity index (χ0v) is 12.2. The van der Waals surface area contributed by atoms with E-state index in [4.69, 9.17) is 0 Å². The van der Waals surface area contributed by atoms with Crippen LogP contribution < -0.4 is 5.32 Å². The maximum atomic E-state index is 12.4. The summed E-state index contributed by atoms with van der Waals surface area (Å²) in [5, 5.41) is 2.62. The Labute approximate surface area is 126 Å². The van der Waals surface area contributed by atoms with Crippen LogP contribution in [0.5, 0.6) is 0 Å². The van der Waals surface area contributed by atoms with Gasteiger partial charge in [-0.1, -0.05) is 6.42 Å². The number of alkyl halides is 3. The average molecular weight is 317 g/mol. The summed E-state index contributed by atoms with van der Waals surface area (Å²) in [6.45, 7) is 0.404. The van der Waals surface area contributed by atoms with Crippen molar-refractivity contribution in [1.82, 2.24) is 5.32 Å². The van der Waals surface area contributed by atoms with Gasteiger partial charge in [0.25, 0.3) is 5.91 Å². The highest BCUT2D eigenvalue weighted by atomic mass is 19.4. The zero-order valence-electron chi connectivity index (χ0n) is 12.2. The molecule has 1 aromatic carbocycles. The Morgan fingerprint density at radius 3 is 2.27 bits per heavy atom. The van der Waals surface area contributed by atoms with Gasteiger partial charge < -0.3 is 10.1 Å². The second kappa shape index (κ2) is 8.41. The molecule has 0 aromatic heterocycles. The maximum Gasteiger partial charge on any atom is 0.416 e. The quantitative estimate of drug-likeness (QED) is 0.621. The monoisotopic (exact) mass is 317 g/mol. The molecule has 0 fully saturated rings. The first-order valence-corrected chi connectivity index (χ1v) is 6.87. The Hall–Kier alpha value is -2.05. The van der Waals surface area contributed by atoms with Gasteiger partial charge in [-0.3, -0.25) is 9.59 Å². The van der Waals surface area contributed by atoms with Gasteiger partial charge in [0.05, 0.1) is 12.7 Å². The minimum absolute atomic E-state index is 0.183. The molecule has 0 radical (unpaired) electrons. The molecule has 1 aromatic rings. The normalized spacial score (nSPS) is 11.1. The van der Waals surface area contributed by atoms with E-state index in [2.05, 4.69) is 10.1 Å². The Morgan fingerprint density at radius 1 is 1.09 bits per heavy atom. The summed E-state index contributed by atoms with van der Waals surface area (Å²) in [5.74, 6) is -0.685. The van der Waals surface area contributed by atoms with Gasteiger partial charge in [-0.15, -0.1) is 0 Å². The molecule has 4 nitrogen and oxygen atoms in total. The third-order valence-electron chi connectivity index (χ3n) is 3.05. The summed E-state index contributed by atoms with van der Waals surface area (Å²) in [5.41, 5.74) is -0.602. The lowest BCUT2D eigenvalue weighted by Crippen LogP contribution is -2.24. The molecule has 0 aliphatic heterocycles. The Bertz CT molecular complexity index is 498. The third-order valence-corrected chi connectivity index (χ3v) is 3.05. The van der Waals surface area contributed by atoms with E-state index in [0.717, 1.165) is 30.7 Å². The van der Waals surface area contributed by atoms with Crippen LogP contribution in [-0.4, -0.2) is 25.5 Å². The van der Waals surface area contributed by atoms with E-state index in [9.17, 15) is 22.8 Å². The molecule has 122 valence electrons. The van der Waals surface area contributed by atoms with Crippen molar-refractivity contribution in [2.24, 2.45) is 0 Å². The van der Waals surface area contributed by atoms with Crippen molar-refractivity contribution >= 4 is 11.9 Å². The molecule has 0 saturated carbocycles. The molecule has 0 spiro atoms. The van der Waals surface area contributed by atoms with Crippen molar-refractivity contribution in [2.75, 3.05) is 13.7 Å². The van der Waals surface area contributed by atoms with Crippen molar-refractivity contribution in [3.8, 4) is 0 Å². The number of esters is 1. The number of carbonyl (C=O) groups is 2. The molecule has 0 aliphatic rings. The smallest absolute Gasteiger partial charge is 0.416 e. The van der Waals surface area contributed by atoms with Crippen molar-refractivity contribution in [1.29, 1.82) is 0 Å². The number of amides is 1. The van der Waals surface area contributed by atoms with E-state index in [-0.39, 0.29) is 11.5 Å². The molecule has 0 heterocycles. The van der Waals surface area contributed by atoms with Crippen LogP contribution in [0.2, 0.25) is 0 Å². The second-order valence-corrected chi connectivity index (χ2v) is 4.72. The lowest BCUT2D eigenvalue weighted by Gasteiger charge is -2.08. The summed E-state index contributed by atoms with van der Waals surface area (Å²) in [4.78, 5) is 22.6. The van der Waals surface area contributed by atoms with Gasteiger partial charge in [-0.2, -0.15) is 13.2 Å². The topological polar surface area (TPSA) is 55.4 Å². The number of unbranched alkanes of at least 4 members (excludes halogenated alkanes) is 2. The predicted molar refractivity (Wildman–Crippen MR) is 74.3 cm³/mol. The highest BCUT2D eigenvalue weighted by molar-refractivity contribution is 5.94. The van der Waals surface area contributed by atoms with Gasteiger partial charge in [0, 0.05) is 18.5 Å². The Balaban J connectivity index is 2.29. The molecule has 1 N–H and O–H groups in total. The van der Waals surface area contributed by atoms with Gasteiger partial charge >= 0.3 is 12.1 Å². The molecular weight excluding hydrogens is 299 g/mol. The van der Waals surface area contributed by atoms with E-state index in [1.807, 2.05) is 0 Å². The van der Waals surface area contributed by atoms with Crippen molar-refractivity contribution in [3.63, 3.8) is 0 Å². The lowest BCUT2D eigenvalue weighted by molar-refractivity contribution is -0.140. The molecule has 0 bridgehead atoms. The summed E-state index contributed by atoms with van der Waals surface area (Å²) < 4.78 is 41.7.